The molecule has 2 aromatic rings. The van der Waals surface area contributed by atoms with Crippen molar-refractivity contribution in [2.75, 3.05) is 19.0 Å². The van der Waals surface area contributed by atoms with E-state index in [1.54, 1.807) is 37.6 Å². The monoisotopic (exact) mass is 291 g/mol. The van der Waals surface area contributed by atoms with Crippen molar-refractivity contribution in [2.45, 2.75) is 12.6 Å². The van der Waals surface area contributed by atoms with Gasteiger partial charge in [0.25, 0.3) is 0 Å². The van der Waals surface area contributed by atoms with E-state index in [0.717, 1.165) is 0 Å². The molecule has 0 saturated heterocycles. The molecule has 4 N–H and O–H groups in total. The van der Waals surface area contributed by atoms with Crippen LogP contribution >= 0.6 is 0 Å². The normalized spacial score (nSPS) is 11.9. The Morgan fingerprint density at radius 3 is 2.76 bits per heavy atom. The third kappa shape index (κ3) is 3.69. The molecule has 0 radical (unpaired) electrons. The number of nitrogens with two attached hydrogens (primary N) is 1. The van der Waals surface area contributed by atoms with Crippen molar-refractivity contribution < 1.29 is 14.6 Å². The third-order valence-electron chi connectivity index (χ3n) is 2.87. The lowest BCUT2D eigenvalue weighted by Gasteiger charge is -2.14. The van der Waals surface area contributed by atoms with E-state index in [1.807, 2.05) is 0 Å². The van der Waals surface area contributed by atoms with Gasteiger partial charge in [0.2, 0.25) is 5.91 Å². The van der Waals surface area contributed by atoms with Gasteiger partial charge in [-0.15, -0.1) is 5.10 Å². The third-order valence-corrected chi connectivity index (χ3v) is 2.87. The van der Waals surface area contributed by atoms with Crippen LogP contribution in [0, 0.1) is 0 Å². The molecule has 1 unspecified atom stereocenters. The van der Waals surface area contributed by atoms with E-state index in [4.69, 9.17) is 15.6 Å². The minimum atomic E-state index is -0.800. The minimum Gasteiger partial charge on any atom is -0.497 e. The van der Waals surface area contributed by atoms with Crippen LogP contribution in [0.4, 0.5) is 5.69 Å². The van der Waals surface area contributed by atoms with Gasteiger partial charge in [-0.05, 0) is 24.3 Å². The molecule has 21 heavy (non-hydrogen) atoms. The van der Waals surface area contributed by atoms with Crippen LogP contribution in [0.5, 0.6) is 5.75 Å². The van der Waals surface area contributed by atoms with Crippen molar-refractivity contribution in [1.82, 2.24) is 15.0 Å². The summed E-state index contributed by atoms with van der Waals surface area (Å²) in [6.45, 7) is 0.247. The molecule has 0 saturated carbocycles. The van der Waals surface area contributed by atoms with E-state index >= 15 is 0 Å². The lowest BCUT2D eigenvalue weighted by molar-refractivity contribution is -0.118. The van der Waals surface area contributed by atoms with Crippen molar-refractivity contribution in [3.63, 3.8) is 0 Å². The standard InChI is InChI=1S/C13H17N5O3/c1-21-10-4-2-9(3-5-10)15-12(13(14)20)11-8-18(6-7-19)17-16-11/h2-5,8,12,15,19H,6-7H2,1H3,(H2,14,20). The molecule has 0 bridgehead atoms. The molecule has 0 aliphatic rings. The molecule has 8 heteroatoms. The average molecular weight is 291 g/mol. The lowest BCUT2D eigenvalue weighted by atomic mass is 10.2. The van der Waals surface area contributed by atoms with Crippen LogP contribution in [0.3, 0.4) is 0 Å². The molecule has 2 rings (SSSR count). The van der Waals surface area contributed by atoms with Gasteiger partial charge in [0.1, 0.15) is 11.4 Å². The summed E-state index contributed by atoms with van der Waals surface area (Å²) in [6, 6.07) is 6.28. The number of primary amides is 1. The number of ether oxygens (including phenoxy) is 1. The van der Waals surface area contributed by atoms with Gasteiger partial charge in [0.15, 0.2) is 6.04 Å². The summed E-state index contributed by atoms with van der Waals surface area (Å²) < 4.78 is 6.51. The Kier molecular flexibility index (Phi) is 4.72. The van der Waals surface area contributed by atoms with Gasteiger partial charge < -0.3 is 20.9 Å². The van der Waals surface area contributed by atoms with Crippen molar-refractivity contribution in [1.29, 1.82) is 0 Å². The summed E-state index contributed by atoms with van der Waals surface area (Å²) >= 11 is 0. The molecule has 0 aliphatic carbocycles. The highest BCUT2D eigenvalue weighted by atomic mass is 16.5. The van der Waals surface area contributed by atoms with Crippen LogP contribution in [0.2, 0.25) is 0 Å². The van der Waals surface area contributed by atoms with E-state index in [-0.39, 0.29) is 6.61 Å². The summed E-state index contributed by atoms with van der Waals surface area (Å²) in [5, 5.41) is 19.6. The predicted molar refractivity (Wildman–Crippen MR) is 75.7 cm³/mol. The second-order valence-corrected chi connectivity index (χ2v) is 4.34. The minimum absolute atomic E-state index is 0.0596. The fourth-order valence-electron chi connectivity index (χ4n) is 1.80. The maximum atomic E-state index is 11.6. The number of aliphatic hydroxyl groups is 1. The van der Waals surface area contributed by atoms with Crippen LogP contribution < -0.4 is 15.8 Å². The largest absolute Gasteiger partial charge is 0.497 e. The lowest BCUT2D eigenvalue weighted by Crippen LogP contribution is -2.28. The van der Waals surface area contributed by atoms with Crippen LogP contribution in [0.25, 0.3) is 0 Å². The van der Waals surface area contributed by atoms with Gasteiger partial charge in [-0.3, -0.25) is 4.79 Å². The summed E-state index contributed by atoms with van der Waals surface area (Å²) in [5.41, 5.74) is 6.50. The molecule has 1 heterocycles. The zero-order valence-corrected chi connectivity index (χ0v) is 11.6. The number of carbonyl (C=O) groups is 1. The Morgan fingerprint density at radius 1 is 1.48 bits per heavy atom. The Balaban J connectivity index is 2.15. The molecular formula is C13H17N5O3. The maximum Gasteiger partial charge on any atom is 0.246 e. The van der Waals surface area contributed by atoms with E-state index in [1.165, 1.54) is 4.68 Å². The first-order valence-electron chi connectivity index (χ1n) is 6.35. The number of benzene rings is 1. The summed E-state index contributed by atoms with van der Waals surface area (Å²) in [6.07, 6.45) is 1.57. The summed E-state index contributed by atoms with van der Waals surface area (Å²) in [4.78, 5) is 11.6. The molecule has 1 atom stereocenters. The van der Waals surface area contributed by atoms with Gasteiger partial charge in [0, 0.05) is 5.69 Å². The van der Waals surface area contributed by atoms with Crippen LogP contribution in [-0.4, -0.2) is 39.7 Å². The van der Waals surface area contributed by atoms with E-state index < -0.39 is 11.9 Å². The highest BCUT2D eigenvalue weighted by molar-refractivity contribution is 5.83. The number of hydrogen-bond acceptors (Lipinski definition) is 6. The number of aliphatic hydroxyl groups excluding tert-OH is 1. The SMILES string of the molecule is COc1ccc(NC(C(N)=O)c2cn(CCO)nn2)cc1. The predicted octanol–water partition coefficient (Wildman–Crippen LogP) is -0.0825. The van der Waals surface area contributed by atoms with Gasteiger partial charge >= 0.3 is 0 Å². The van der Waals surface area contributed by atoms with Crippen molar-refractivity contribution in [2.24, 2.45) is 5.73 Å². The molecule has 0 aliphatic heterocycles. The molecular weight excluding hydrogens is 274 g/mol. The van der Waals surface area contributed by atoms with Crippen molar-refractivity contribution in [3.05, 3.63) is 36.2 Å². The Bertz CT molecular complexity index is 596. The maximum absolute atomic E-state index is 11.6. The quantitative estimate of drug-likeness (QED) is 0.657. The Labute approximate surface area is 121 Å². The second-order valence-electron chi connectivity index (χ2n) is 4.34. The topological polar surface area (TPSA) is 115 Å². The number of aromatic nitrogens is 3. The number of rotatable bonds is 7. The summed E-state index contributed by atoms with van der Waals surface area (Å²) in [7, 11) is 1.58. The van der Waals surface area contributed by atoms with Gasteiger partial charge in [-0.25, -0.2) is 4.68 Å². The summed E-state index contributed by atoms with van der Waals surface area (Å²) in [5.74, 6) is 0.145. The molecule has 1 aromatic heterocycles. The van der Waals surface area contributed by atoms with E-state index in [9.17, 15) is 4.79 Å². The van der Waals surface area contributed by atoms with Gasteiger partial charge in [-0.1, -0.05) is 5.21 Å². The molecule has 0 spiro atoms. The van der Waals surface area contributed by atoms with Crippen molar-refractivity contribution >= 4 is 11.6 Å². The molecule has 112 valence electrons. The number of nitrogens with zero attached hydrogens (tertiary/aromatic N) is 3. The first kappa shape index (κ1) is 14.8. The zero-order valence-electron chi connectivity index (χ0n) is 11.6. The van der Waals surface area contributed by atoms with E-state index in [2.05, 4.69) is 15.6 Å². The number of methoxy groups -OCH3 is 1. The Hall–Kier alpha value is -2.61. The molecule has 1 aromatic carbocycles. The highest BCUT2D eigenvalue weighted by Gasteiger charge is 2.21. The zero-order chi connectivity index (χ0) is 15.2. The molecule has 1 amide bonds. The molecule has 8 nitrogen and oxygen atoms in total. The highest BCUT2D eigenvalue weighted by Crippen LogP contribution is 2.20. The van der Waals surface area contributed by atoms with Crippen LogP contribution in [0.15, 0.2) is 30.5 Å². The first-order chi connectivity index (χ1) is 10.1. The fraction of sp³-hybridized carbons (Fsp3) is 0.308. The first-order valence-corrected chi connectivity index (χ1v) is 6.35. The van der Waals surface area contributed by atoms with Crippen LogP contribution in [-0.2, 0) is 11.3 Å². The number of carbonyl (C=O) groups excluding carboxylic acids is 1. The number of amides is 1. The second kappa shape index (κ2) is 6.71. The van der Waals surface area contributed by atoms with Crippen molar-refractivity contribution in [3.8, 4) is 5.75 Å². The van der Waals surface area contributed by atoms with Crippen LogP contribution in [0.1, 0.15) is 11.7 Å². The average Bonchev–Trinajstić information content (AvgIpc) is 2.93. The van der Waals surface area contributed by atoms with Gasteiger partial charge in [0.05, 0.1) is 26.5 Å². The molecule has 0 fully saturated rings. The number of anilines is 1. The number of nitrogens with one attached hydrogen (secondary N) is 1. The number of hydrogen-bond donors (Lipinski definition) is 3. The van der Waals surface area contributed by atoms with E-state index in [0.29, 0.717) is 23.7 Å². The Morgan fingerprint density at radius 2 is 2.19 bits per heavy atom. The fourth-order valence-corrected chi connectivity index (χ4v) is 1.80. The smallest absolute Gasteiger partial charge is 0.246 e. The van der Waals surface area contributed by atoms with Gasteiger partial charge in [-0.2, -0.15) is 0 Å².